The first-order valence-corrected chi connectivity index (χ1v) is 13.3. The Balaban J connectivity index is 1.46. The minimum absolute atomic E-state index is 0.144. The highest BCUT2D eigenvalue weighted by atomic mass is 16.6. The minimum Gasteiger partial charge on any atom is -0.390 e. The third-order valence-electron chi connectivity index (χ3n) is 6.70. The molecule has 0 amide bonds. The molecule has 1 fully saturated rings. The Morgan fingerprint density at radius 3 is 1.26 bits per heavy atom. The van der Waals surface area contributed by atoms with Gasteiger partial charge in [-0.2, -0.15) is 0 Å². The average Bonchev–Trinajstić information content (AvgIpc) is 3.02. The van der Waals surface area contributed by atoms with Crippen LogP contribution in [-0.4, -0.2) is 35.6 Å². The fourth-order valence-corrected chi connectivity index (χ4v) is 4.64. The summed E-state index contributed by atoms with van der Waals surface area (Å²) in [6.45, 7) is 0.803. The Hall–Kier alpha value is -3.32. The standard InChI is InChI=1S/C34H36O5/c35-30-21-31(36-22-26-13-5-1-6-14-26)33(38-24-28-17-9-3-10-18-28)34(39-25-29-19-11-4-12-20-29)32(30)37-23-27-15-7-2-8-16-27/h1-20,30-35H,21-25H2/t30-,31+,32+,33-,34-/m0/s1/i21D,30D/t21-,30-,31+,32+,33-,34-. The van der Waals surface area contributed by atoms with Crippen LogP contribution in [0.25, 0.3) is 0 Å². The van der Waals surface area contributed by atoms with Gasteiger partial charge in [-0.1, -0.05) is 121 Å². The first-order valence-electron chi connectivity index (χ1n) is 14.4. The minimum atomic E-state index is -2.33. The normalized spacial score (nSPS) is 27.5. The van der Waals surface area contributed by atoms with E-state index in [2.05, 4.69) is 0 Å². The van der Waals surface area contributed by atoms with Gasteiger partial charge < -0.3 is 24.1 Å². The van der Waals surface area contributed by atoms with Gasteiger partial charge in [0, 0.05) is 7.77 Å². The lowest BCUT2D eigenvalue weighted by Gasteiger charge is -2.44. The molecule has 1 aliphatic rings. The van der Waals surface area contributed by atoms with Gasteiger partial charge in [-0.3, -0.25) is 0 Å². The molecule has 5 nitrogen and oxygen atoms in total. The molecule has 0 saturated heterocycles. The molecule has 6 atom stereocenters. The molecular formula is C34H36O5. The van der Waals surface area contributed by atoms with Gasteiger partial charge in [-0.05, 0) is 22.3 Å². The first kappa shape index (κ1) is 24.7. The van der Waals surface area contributed by atoms with Crippen LogP contribution < -0.4 is 0 Å². The van der Waals surface area contributed by atoms with Crippen LogP contribution in [0.5, 0.6) is 0 Å². The maximum absolute atomic E-state index is 11.6. The second-order valence-corrected chi connectivity index (χ2v) is 9.59. The van der Waals surface area contributed by atoms with Crippen molar-refractivity contribution < 1.29 is 26.8 Å². The van der Waals surface area contributed by atoms with Gasteiger partial charge in [0.2, 0.25) is 0 Å². The van der Waals surface area contributed by atoms with Crippen LogP contribution in [-0.2, 0) is 45.4 Å². The predicted octanol–water partition coefficient (Wildman–Crippen LogP) is 6.09. The van der Waals surface area contributed by atoms with Gasteiger partial charge in [0.25, 0.3) is 0 Å². The fraction of sp³-hybridized carbons (Fsp3) is 0.294. The quantitative estimate of drug-likeness (QED) is 0.242. The highest BCUT2D eigenvalue weighted by molar-refractivity contribution is 5.16. The molecule has 0 unspecified atom stereocenters. The first-order chi connectivity index (χ1) is 20.0. The lowest BCUT2D eigenvalue weighted by molar-refractivity contribution is -0.240. The SMILES string of the molecule is [2H][C@@H]1[C@@H](OCc2ccccc2)[C@H](OCc2ccccc2)[C@@H](OCc2ccccc2)[C@H](OCc2ccccc2)[C@@]1([2H])O. The maximum atomic E-state index is 11.6. The van der Waals surface area contributed by atoms with Crippen LogP contribution in [0.4, 0.5) is 0 Å². The molecule has 0 bridgehead atoms. The van der Waals surface area contributed by atoms with Gasteiger partial charge in [0.05, 0.1) is 40.0 Å². The van der Waals surface area contributed by atoms with Crippen LogP contribution in [0.3, 0.4) is 0 Å². The summed E-state index contributed by atoms with van der Waals surface area (Å²) >= 11 is 0. The van der Waals surface area contributed by atoms with E-state index >= 15 is 0 Å². The summed E-state index contributed by atoms with van der Waals surface area (Å²) in [7, 11) is 0. The van der Waals surface area contributed by atoms with E-state index in [1.807, 2.05) is 121 Å². The van der Waals surface area contributed by atoms with E-state index in [0.29, 0.717) is 0 Å². The average molecular weight is 527 g/mol. The van der Waals surface area contributed by atoms with Crippen LogP contribution >= 0.6 is 0 Å². The zero-order chi connectivity index (χ0) is 28.5. The lowest BCUT2D eigenvalue weighted by atomic mass is 9.86. The van der Waals surface area contributed by atoms with Gasteiger partial charge in [0.1, 0.15) is 18.3 Å². The molecule has 0 heterocycles. The van der Waals surface area contributed by atoms with Crippen molar-refractivity contribution in [3.8, 4) is 0 Å². The topological polar surface area (TPSA) is 57.2 Å². The molecule has 1 saturated carbocycles. The molecule has 0 spiro atoms. The monoisotopic (exact) mass is 526 g/mol. The van der Waals surface area contributed by atoms with Gasteiger partial charge in [-0.15, -0.1) is 0 Å². The Morgan fingerprint density at radius 2 is 0.846 bits per heavy atom. The number of hydrogen-bond donors (Lipinski definition) is 1. The molecule has 0 radical (unpaired) electrons. The second-order valence-electron chi connectivity index (χ2n) is 9.59. The summed E-state index contributed by atoms with van der Waals surface area (Å²) in [5, 5.41) is 11.6. The van der Waals surface area contributed by atoms with Gasteiger partial charge in [0.15, 0.2) is 0 Å². The summed E-state index contributed by atoms with van der Waals surface area (Å²) in [4.78, 5) is 0. The number of aliphatic hydroxyl groups is 1. The third kappa shape index (κ3) is 7.85. The van der Waals surface area contributed by atoms with Crippen molar-refractivity contribution in [1.29, 1.82) is 0 Å². The number of hydrogen-bond acceptors (Lipinski definition) is 5. The highest BCUT2D eigenvalue weighted by Gasteiger charge is 2.47. The largest absolute Gasteiger partial charge is 0.390 e. The van der Waals surface area contributed by atoms with Crippen LogP contribution in [0, 0.1) is 0 Å². The Labute approximate surface area is 233 Å². The Kier molecular flexibility index (Phi) is 8.98. The Bertz CT molecular complexity index is 1310. The van der Waals surface area contributed by atoms with E-state index in [1.54, 1.807) is 0 Å². The van der Waals surface area contributed by atoms with Crippen molar-refractivity contribution in [2.75, 3.05) is 0 Å². The summed E-state index contributed by atoms with van der Waals surface area (Å²) in [5.74, 6) is 0. The summed E-state index contributed by atoms with van der Waals surface area (Å²) in [5.41, 5.74) is 3.68. The van der Waals surface area contributed by atoms with Gasteiger partial charge >= 0.3 is 0 Å². The van der Waals surface area contributed by atoms with Gasteiger partial charge in [-0.25, -0.2) is 0 Å². The molecule has 5 rings (SSSR count). The van der Waals surface area contributed by atoms with E-state index in [0.717, 1.165) is 22.3 Å². The van der Waals surface area contributed by atoms with E-state index in [1.165, 1.54) is 0 Å². The predicted molar refractivity (Wildman–Crippen MR) is 151 cm³/mol. The van der Waals surface area contributed by atoms with Crippen molar-refractivity contribution in [3.63, 3.8) is 0 Å². The Morgan fingerprint density at radius 1 is 0.513 bits per heavy atom. The summed E-state index contributed by atoms with van der Waals surface area (Å²) < 4.78 is 43.5. The van der Waals surface area contributed by atoms with Crippen molar-refractivity contribution >= 4 is 0 Å². The van der Waals surface area contributed by atoms with Crippen molar-refractivity contribution in [2.24, 2.45) is 0 Å². The molecule has 0 aliphatic heterocycles. The number of rotatable bonds is 12. The van der Waals surface area contributed by atoms with Crippen molar-refractivity contribution in [1.82, 2.24) is 0 Å². The summed E-state index contributed by atoms with van der Waals surface area (Å²) in [6, 6.07) is 38.6. The van der Waals surface area contributed by atoms with E-state index in [4.69, 9.17) is 21.7 Å². The zero-order valence-electron chi connectivity index (χ0n) is 23.8. The van der Waals surface area contributed by atoms with Crippen LogP contribution in [0.1, 0.15) is 31.4 Å². The zero-order valence-corrected chi connectivity index (χ0v) is 21.8. The number of benzene rings is 4. The number of ether oxygens (including phenoxy) is 4. The van der Waals surface area contributed by atoms with Crippen molar-refractivity contribution in [2.45, 2.75) is 63.3 Å². The van der Waals surface area contributed by atoms with Crippen LogP contribution in [0.15, 0.2) is 121 Å². The van der Waals surface area contributed by atoms with Crippen LogP contribution in [0.2, 0.25) is 0 Å². The van der Waals surface area contributed by atoms with E-state index < -0.39 is 36.9 Å². The fourth-order valence-electron chi connectivity index (χ4n) is 4.64. The molecule has 0 aromatic heterocycles. The molecule has 4 aromatic rings. The molecule has 4 aromatic carbocycles. The highest BCUT2D eigenvalue weighted by Crippen LogP contribution is 2.32. The maximum Gasteiger partial charge on any atom is 0.115 e. The van der Waals surface area contributed by atoms with Crippen molar-refractivity contribution in [3.05, 3.63) is 144 Å². The molecular weight excluding hydrogens is 488 g/mol. The molecule has 202 valence electrons. The van der Waals surface area contributed by atoms with E-state index in [9.17, 15) is 5.11 Å². The molecule has 5 heteroatoms. The second kappa shape index (κ2) is 14.2. The third-order valence-corrected chi connectivity index (χ3v) is 6.70. The molecule has 39 heavy (non-hydrogen) atoms. The smallest absolute Gasteiger partial charge is 0.115 e. The molecule has 1 aliphatic carbocycles. The molecule has 1 N–H and O–H groups in total. The lowest BCUT2D eigenvalue weighted by Crippen LogP contribution is -2.59. The summed E-state index contributed by atoms with van der Waals surface area (Å²) in [6.07, 6.45) is -7.54. The van der Waals surface area contributed by atoms with E-state index in [-0.39, 0.29) is 26.4 Å².